The minimum absolute atomic E-state index is 0.307. The van der Waals surface area contributed by atoms with Crippen LogP contribution in [-0.2, 0) is 9.84 Å². The smallest absolute Gasteiger partial charge is 0.152 e. The number of halogens is 1. The second-order valence-electron chi connectivity index (χ2n) is 4.77. The predicted octanol–water partition coefficient (Wildman–Crippen LogP) is 1.92. The van der Waals surface area contributed by atoms with Crippen molar-refractivity contribution in [2.75, 3.05) is 36.5 Å². The van der Waals surface area contributed by atoms with Crippen LogP contribution in [0.4, 0.5) is 0 Å². The van der Waals surface area contributed by atoms with Crippen LogP contribution in [-0.4, -0.2) is 49.8 Å². The van der Waals surface area contributed by atoms with E-state index < -0.39 is 9.84 Å². The van der Waals surface area contributed by atoms with Crippen LogP contribution >= 0.6 is 15.9 Å². The fourth-order valence-corrected chi connectivity index (χ4v) is 4.33. The summed E-state index contributed by atoms with van der Waals surface area (Å²) in [6.07, 6.45) is 2.27. The van der Waals surface area contributed by atoms with Gasteiger partial charge in [-0.15, -0.1) is 0 Å². The van der Waals surface area contributed by atoms with Crippen molar-refractivity contribution < 1.29 is 8.42 Å². The average molecular weight is 312 g/mol. The maximum absolute atomic E-state index is 11.3. The first-order valence-electron chi connectivity index (χ1n) is 5.96. The maximum Gasteiger partial charge on any atom is 0.152 e. The summed E-state index contributed by atoms with van der Waals surface area (Å²) >= 11 is 3.60. The van der Waals surface area contributed by atoms with Gasteiger partial charge in [0.25, 0.3) is 0 Å². The van der Waals surface area contributed by atoms with Gasteiger partial charge >= 0.3 is 0 Å². The standard InChI is InChI=1S/C11H22BrNO2S/c1-3-11(4-2,9-12)10-13-5-7-16(14,15)8-6-13/h3-10H2,1-2H3. The van der Waals surface area contributed by atoms with Gasteiger partial charge in [-0.1, -0.05) is 29.8 Å². The van der Waals surface area contributed by atoms with Crippen molar-refractivity contribution in [3.63, 3.8) is 0 Å². The molecule has 0 radical (unpaired) electrons. The number of hydrogen-bond donors (Lipinski definition) is 0. The molecule has 0 aromatic heterocycles. The van der Waals surface area contributed by atoms with Gasteiger partial charge in [0.2, 0.25) is 0 Å². The minimum atomic E-state index is -2.74. The van der Waals surface area contributed by atoms with Crippen molar-refractivity contribution >= 4 is 25.8 Å². The fourth-order valence-electron chi connectivity index (χ4n) is 2.09. The third-order valence-corrected chi connectivity index (χ3v) is 6.58. The Kier molecular flexibility index (Phi) is 5.26. The molecule has 1 heterocycles. The van der Waals surface area contributed by atoms with Crippen LogP contribution in [0.1, 0.15) is 26.7 Å². The summed E-state index contributed by atoms with van der Waals surface area (Å²) in [5, 5.41) is 0.996. The zero-order valence-corrected chi connectivity index (χ0v) is 12.6. The van der Waals surface area contributed by atoms with Gasteiger partial charge < -0.3 is 4.90 Å². The van der Waals surface area contributed by atoms with Crippen molar-refractivity contribution in [1.82, 2.24) is 4.90 Å². The Balaban J connectivity index is 2.55. The van der Waals surface area contributed by atoms with E-state index in [1.165, 1.54) is 0 Å². The lowest BCUT2D eigenvalue weighted by Gasteiger charge is -2.37. The fraction of sp³-hybridized carbons (Fsp3) is 1.00. The van der Waals surface area contributed by atoms with E-state index in [-0.39, 0.29) is 0 Å². The molecule has 0 amide bonds. The molecule has 1 saturated heterocycles. The SMILES string of the molecule is CCC(CC)(CBr)CN1CCS(=O)(=O)CC1. The normalized spacial score (nSPS) is 22.2. The molecule has 0 bridgehead atoms. The van der Waals surface area contributed by atoms with Gasteiger partial charge in [-0.25, -0.2) is 8.42 Å². The van der Waals surface area contributed by atoms with Gasteiger partial charge in [0.05, 0.1) is 11.5 Å². The highest BCUT2D eigenvalue weighted by Crippen LogP contribution is 2.30. The Morgan fingerprint density at radius 1 is 1.19 bits per heavy atom. The minimum Gasteiger partial charge on any atom is -0.301 e. The summed E-state index contributed by atoms with van der Waals surface area (Å²) in [5.41, 5.74) is 0.307. The molecule has 96 valence electrons. The van der Waals surface area contributed by atoms with Gasteiger partial charge in [-0.05, 0) is 18.3 Å². The van der Waals surface area contributed by atoms with Crippen LogP contribution in [0.5, 0.6) is 0 Å². The largest absolute Gasteiger partial charge is 0.301 e. The number of sulfone groups is 1. The number of hydrogen-bond acceptors (Lipinski definition) is 3. The van der Waals surface area contributed by atoms with Crippen molar-refractivity contribution in [1.29, 1.82) is 0 Å². The number of alkyl halides is 1. The second-order valence-corrected chi connectivity index (χ2v) is 7.63. The maximum atomic E-state index is 11.3. The van der Waals surface area contributed by atoms with Crippen molar-refractivity contribution in [2.45, 2.75) is 26.7 Å². The Morgan fingerprint density at radius 3 is 2.06 bits per heavy atom. The summed E-state index contributed by atoms with van der Waals surface area (Å²) in [6, 6.07) is 0. The topological polar surface area (TPSA) is 37.4 Å². The van der Waals surface area contributed by atoms with Crippen LogP contribution in [0.25, 0.3) is 0 Å². The van der Waals surface area contributed by atoms with Crippen molar-refractivity contribution in [3.05, 3.63) is 0 Å². The molecule has 1 aliphatic rings. The number of rotatable bonds is 5. The summed E-state index contributed by atoms with van der Waals surface area (Å²) in [6.45, 7) is 6.85. The molecule has 0 aromatic rings. The molecule has 0 saturated carbocycles. The Morgan fingerprint density at radius 2 is 1.69 bits per heavy atom. The highest BCUT2D eigenvalue weighted by molar-refractivity contribution is 9.09. The monoisotopic (exact) mass is 311 g/mol. The molecule has 3 nitrogen and oxygen atoms in total. The average Bonchev–Trinajstić information content (AvgIpc) is 2.29. The van der Waals surface area contributed by atoms with Gasteiger partial charge in [-0.2, -0.15) is 0 Å². The van der Waals surface area contributed by atoms with Gasteiger partial charge in [0, 0.05) is 25.0 Å². The first-order chi connectivity index (χ1) is 7.47. The van der Waals surface area contributed by atoms with Gasteiger partial charge in [0.1, 0.15) is 0 Å². The van der Waals surface area contributed by atoms with E-state index in [2.05, 4.69) is 34.7 Å². The Hall–Kier alpha value is 0.390. The van der Waals surface area contributed by atoms with Crippen LogP contribution in [0, 0.1) is 5.41 Å². The molecular weight excluding hydrogens is 290 g/mol. The lowest BCUT2D eigenvalue weighted by atomic mass is 9.84. The number of nitrogens with zero attached hydrogens (tertiary/aromatic N) is 1. The highest BCUT2D eigenvalue weighted by atomic mass is 79.9. The molecule has 1 rings (SSSR count). The quantitative estimate of drug-likeness (QED) is 0.728. The van der Waals surface area contributed by atoms with Crippen LogP contribution in [0.3, 0.4) is 0 Å². The molecule has 16 heavy (non-hydrogen) atoms. The molecule has 0 atom stereocenters. The van der Waals surface area contributed by atoms with E-state index in [1.807, 2.05) is 0 Å². The molecule has 1 fully saturated rings. The molecular formula is C11H22BrNO2S. The third kappa shape index (κ3) is 3.70. The van der Waals surface area contributed by atoms with Crippen LogP contribution < -0.4 is 0 Å². The van der Waals surface area contributed by atoms with E-state index in [0.717, 1.165) is 24.7 Å². The predicted molar refractivity (Wildman–Crippen MR) is 71.9 cm³/mol. The molecule has 0 spiro atoms. The highest BCUT2D eigenvalue weighted by Gasteiger charge is 2.30. The van der Waals surface area contributed by atoms with E-state index in [1.54, 1.807) is 0 Å². The zero-order valence-electron chi connectivity index (χ0n) is 10.2. The molecule has 1 aliphatic heterocycles. The lowest BCUT2D eigenvalue weighted by molar-refractivity contribution is 0.168. The van der Waals surface area contributed by atoms with Crippen molar-refractivity contribution in [2.24, 2.45) is 5.41 Å². The lowest BCUT2D eigenvalue weighted by Crippen LogP contribution is -2.46. The van der Waals surface area contributed by atoms with E-state index in [0.29, 0.717) is 30.0 Å². The zero-order chi connectivity index (χ0) is 12.2. The molecule has 5 heteroatoms. The molecule has 0 unspecified atom stereocenters. The Labute approximate surface area is 108 Å². The molecule has 0 aromatic carbocycles. The molecule has 0 N–H and O–H groups in total. The van der Waals surface area contributed by atoms with E-state index in [4.69, 9.17) is 0 Å². The van der Waals surface area contributed by atoms with Crippen LogP contribution in [0.15, 0.2) is 0 Å². The van der Waals surface area contributed by atoms with Gasteiger partial charge in [-0.3, -0.25) is 0 Å². The first-order valence-corrected chi connectivity index (χ1v) is 8.90. The third-order valence-electron chi connectivity index (χ3n) is 3.78. The summed E-state index contributed by atoms with van der Waals surface area (Å²) in [5.74, 6) is 0.664. The van der Waals surface area contributed by atoms with E-state index in [9.17, 15) is 8.42 Å². The molecule has 0 aliphatic carbocycles. The van der Waals surface area contributed by atoms with Crippen molar-refractivity contribution in [3.8, 4) is 0 Å². The first kappa shape index (κ1) is 14.5. The van der Waals surface area contributed by atoms with E-state index >= 15 is 0 Å². The summed E-state index contributed by atoms with van der Waals surface area (Å²) in [4.78, 5) is 2.30. The summed E-state index contributed by atoms with van der Waals surface area (Å²) in [7, 11) is -2.74. The summed E-state index contributed by atoms with van der Waals surface area (Å²) < 4.78 is 22.7. The van der Waals surface area contributed by atoms with Crippen LogP contribution in [0.2, 0.25) is 0 Å². The van der Waals surface area contributed by atoms with Gasteiger partial charge in [0.15, 0.2) is 9.84 Å². The second kappa shape index (κ2) is 5.83. The Bertz CT molecular complexity index is 290.